The minimum absolute atomic E-state index is 0.0599. The van der Waals surface area contributed by atoms with Crippen LogP contribution in [-0.2, 0) is 14.3 Å². The van der Waals surface area contributed by atoms with Crippen molar-refractivity contribution >= 4 is 23.6 Å². The van der Waals surface area contributed by atoms with Gasteiger partial charge in [0.25, 0.3) is 5.91 Å². The average Bonchev–Trinajstić information content (AvgIpc) is 2.87. The molecule has 0 radical (unpaired) electrons. The normalized spacial score (nSPS) is 13.6. The van der Waals surface area contributed by atoms with Crippen molar-refractivity contribution in [2.45, 2.75) is 91.8 Å². The van der Waals surface area contributed by atoms with E-state index in [9.17, 15) is 19.5 Å². The number of nitrogens with zero attached hydrogens (tertiary/aromatic N) is 1. The summed E-state index contributed by atoms with van der Waals surface area (Å²) in [5.41, 5.74) is 1.38. The molecule has 0 aliphatic heterocycles. The van der Waals surface area contributed by atoms with E-state index in [4.69, 9.17) is 4.74 Å². The van der Waals surface area contributed by atoms with E-state index >= 15 is 0 Å². The average molecular weight is 540 g/mol. The Bertz CT molecular complexity index is 1090. The van der Waals surface area contributed by atoms with E-state index < -0.39 is 23.8 Å². The highest BCUT2D eigenvalue weighted by molar-refractivity contribution is 5.99. The van der Waals surface area contributed by atoms with Gasteiger partial charge in [-0.25, -0.2) is 4.79 Å². The fourth-order valence-electron chi connectivity index (χ4n) is 4.24. The van der Waals surface area contributed by atoms with Gasteiger partial charge < -0.3 is 25.4 Å². The van der Waals surface area contributed by atoms with Gasteiger partial charge in [0.15, 0.2) is 0 Å². The molecule has 0 bridgehead atoms. The molecule has 2 rings (SSSR count). The summed E-state index contributed by atoms with van der Waals surface area (Å²) < 4.78 is 5.46. The van der Waals surface area contributed by atoms with Crippen LogP contribution in [0.2, 0.25) is 0 Å². The number of carbonyl (C=O) groups excluding carboxylic acids is 3. The van der Waals surface area contributed by atoms with Crippen LogP contribution in [0, 0.1) is 12.8 Å². The van der Waals surface area contributed by atoms with E-state index in [0.29, 0.717) is 30.6 Å². The maximum atomic E-state index is 14.3. The lowest BCUT2D eigenvalue weighted by molar-refractivity contribution is -0.142. The highest BCUT2D eigenvalue weighted by Crippen LogP contribution is 2.28. The van der Waals surface area contributed by atoms with E-state index in [-0.39, 0.29) is 23.5 Å². The number of phenolic OH excluding ortho intramolecular Hbond substituents is 1. The largest absolute Gasteiger partial charge is 0.508 e. The Labute approximate surface area is 233 Å². The van der Waals surface area contributed by atoms with E-state index in [1.807, 2.05) is 45.0 Å². The van der Waals surface area contributed by atoms with Gasteiger partial charge in [-0.2, -0.15) is 0 Å². The number of aryl methyl sites for hydroxylation is 1. The predicted octanol–water partition coefficient (Wildman–Crippen LogP) is 6.34. The molecule has 3 atom stereocenters. The molecule has 0 aromatic heterocycles. The second kappa shape index (κ2) is 14.6. The number of para-hydroxylation sites is 1. The van der Waals surface area contributed by atoms with Crippen molar-refractivity contribution in [2.24, 2.45) is 5.92 Å². The SMILES string of the molecule is CCCCCN(C(=O)C(NC(=O)OC(C)(C)C)C(C)CC)C(C(=O)Nc1ccccc1C)c1ccc(O)cc1. The van der Waals surface area contributed by atoms with Crippen molar-refractivity contribution in [1.29, 1.82) is 0 Å². The Kier molecular flexibility index (Phi) is 11.8. The lowest BCUT2D eigenvalue weighted by atomic mass is 9.95. The molecule has 0 spiro atoms. The first-order valence-corrected chi connectivity index (χ1v) is 13.8. The van der Waals surface area contributed by atoms with Crippen LogP contribution >= 0.6 is 0 Å². The molecule has 39 heavy (non-hydrogen) atoms. The van der Waals surface area contributed by atoms with Crippen molar-refractivity contribution in [3.05, 3.63) is 59.7 Å². The van der Waals surface area contributed by atoms with Crippen LogP contribution < -0.4 is 10.6 Å². The van der Waals surface area contributed by atoms with Crippen molar-refractivity contribution in [1.82, 2.24) is 10.2 Å². The smallest absolute Gasteiger partial charge is 0.408 e. The number of rotatable bonds is 12. The summed E-state index contributed by atoms with van der Waals surface area (Å²) in [4.78, 5) is 42.5. The fourth-order valence-corrected chi connectivity index (χ4v) is 4.24. The molecule has 8 nitrogen and oxygen atoms in total. The van der Waals surface area contributed by atoms with Crippen LogP contribution in [0.25, 0.3) is 0 Å². The maximum Gasteiger partial charge on any atom is 0.408 e. The third kappa shape index (κ3) is 9.61. The van der Waals surface area contributed by atoms with Gasteiger partial charge in [0, 0.05) is 12.2 Å². The quantitative estimate of drug-likeness (QED) is 0.273. The minimum atomic E-state index is -0.985. The molecule has 0 heterocycles. The Balaban J connectivity index is 2.55. The molecule has 0 saturated heterocycles. The Morgan fingerprint density at radius 3 is 2.21 bits per heavy atom. The van der Waals surface area contributed by atoms with E-state index in [1.165, 1.54) is 12.1 Å². The van der Waals surface area contributed by atoms with Crippen LogP contribution in [0.4, 0.5) is 10.5 Å². The number of aromatic hydroxyl groups is 1. The number of amides is 3. The summed E-state index contributed by atoms with van der Waals surface area (Å²) in [5.74, 6) is -0.882. The fraction of sp³-hybridized carbons (Fsp3) is 0.516. The van der Waals surface area contributed by atoms with Gasteiger partial charge in [0.05, 0.1) is 0 Å². The molecule has 3 unspecified atom stereocenters. The number of hydrogen-bond acceptors (Lipinski definition) is 5. The highest BCUT2D eigenvalue weighted by Gasteiger charge is 2.38. The van der Waals surface area contributed by atoms with Crippen LogP contribution in [0.1, 0.15) is 84.4 Å². The second-order valence-corrected chi connectivity index (χ2v) is 11.0. The predicted molar refractivity (Wildman–Crippen MR) is 155 cm³/mol. The Morgan fingerprint density at radius 1 is 1.00 bits per heavy atom. The topological polar surface area (TPSA) is 108 Å². The summed E-state index contributed by atoms with van der Waals surface area (Å²) in [5, 5.41) is 15.7. The molecule has 0 saturated carbocycles. The molecule has 8 heteroatoms. The van der Waals surface area contributed by atoms with Gasteiger partial charge in [0.1, 0.15) is 23.4 Å². The number of anilines is 1. The number of hydrogen-bond donors (Lipinski definition) is 3. The van der Waals surface area contributed by atoms with E-state index in [0.717, 1.165) is 18.4 Å². The van der Waals surface area contributed by atoms with Gasteiger partial charge >= 0.3 is 6.09 Å². The van der Waals surface area contributed by atoms with E-state index in [2.05, 4.69) is 17.6 Å². The molecule has 3 amide bonds. The van der Waals surface area contributed by atoms with Crippen molar-refractivity contribution in [3.8, 4) is 5.75 Å². The number of carbonyl (C=O) groups is 3. The maximum absolute atomic E-state index is 14.3. The third-order valence-corrected chi connectivity index (χ3v) is 6.61. The number of phenols is 1. The van der Waals surface area contributed by atoms with Crippen molar-refractivity contribution in [3.63, 3.8) is 0 Å². The number of unbranched alkanes of at least 4 members (excludes halogenated alkanes) is 2. The number of ether oxygens (including phenoxy) is 1. The highest BCUT2D eigenvalue weighted by atomic mass is 16.6. The van der Waals surface area contributed by atoms with Crippen LogP contribution in [0.5, 0.6) is 5.75 Å². The molecular formula is C31H45N3O5. The number of benzene rings is 2. The van der Waals surface area contributed by atoms with Gasteiger partial charge in [-0.15, -0.1) is 0 Å². The van der Waals surface area contributed by atoms with Crippen molar-refractivity contribution in [2.75, 3.05) is 11.9 Å². The van der Waals surface area contributed by atoms with E-state index in [1.54, 1.807) is 37.8 Å². The molecule has 3 N–H and O–H groups in total. The Hall–Kier alpha value is -3.55. The zero-order chi connectivity index (χ0) is 29.2. The van der Waals surface area contributed by atoms with Gasteiger partial charge in [-0.05, 0) is 69.4 Å². The monoisotopic (exact) mass is 539 g/mol. The Morgan fingerprint density at radius 2 is 1.64 bits per heavy atom. The van der Waals surface area contributed by atoms with Crippen molar-refractivity contribution < 1.29 is 24.2 Å². The van der Waals surface area contributed by atoms with Crippen LogP contribution in [0.15, 0.2) is 48.5 Å². The lowest BCUT2D eigenvalue weighted by Crippen LogP contribution is -2.55. The van der Waals surface area contributed by atoms with Gasteiger partial charge in [0.2, 0.25) is 5.91 Å². The summed E-state index contributed by atoms with van der Waals surface area (Å²) in [7, 11) is 0. The molecule has 2 aromatic rings. The summed E-state index contributed by atoms with van der Waals surface area (Å²) in [6.07, 6.45) is 2.45. The first-order chi connectivity index (χ1) is 18.4. The lowest BCUT2D eigenvalue weighted by Gasteiger charge is -2.36. The summed E-state index contributed by atoms with van der Waals surface area (Å²) >= 11 is 0. The molecular weight excluding hydrogens is 494 g/mol. The minimum Gasteiger partial charge on any atom is -0.508 e. The molecule has 2 aromatic carbocycles. The van der Waals surface area contributed by atoms with Crippen LogP contribution in [-0.4, -0.2) is 46.1 Å². The number of alkyl carbamates (subject to hydrolysis) is 1. The summed E-state index contributed by atoms with van der Waals surface area (Å²) in [6.45, 7) is 13.4. The van der Waals surface area contributed by atoms with Crippen LogP contribution in [0.3, 0.4) is 0 Å². The van der Waals surface area contributed by atoms with Gasteiger partial charge in [-0.1, -0.05) is 70.4 Å². The second-order valence-electron chi connectivity index (χ2n) is 11.0. The first-order valence-electron chi connectivity index (χ1n) is 13.8. The number of nitrogens with one attached hydrogen (secondary N) is 2. The first kappa shape index (κ1) is 31.7. The van der Waals surface area contributed by atoms with Gasteiger partial charge in [-0.3, -0.25) is 9.59 Å². The summed E-state index contributed by atoms with van der Waals surface area (Å²) in [6, 6.07) is 11.9. The molecule has 0 aliphatic rings. The molecule has 214 valence electrons. The molecule has 0 fully saturated rings. The zero-order valence-corrected chi connectivity index (χ0v) is 24.4. The zero-order valence-electron chi connectivity index (χ0n) is 24.4. The third-order valence-electron chi connectivity index (χ3n) is 6.61. The standard InChI is InChI=1S/C31H45N3O5/c1-8-10-13-20-34(29(37)26(21(3)9-2)33-30(38)39-31(5,6)7)27(23-16-18-24(35)19-17-23)28(36)32-25-15-12-11-14-22(25)4/h11-12,14-19,21,26-27,35H,8-10,13,20H2,1-7H3,(H,32,36)(H,33,38). The molecule has 0 aliphatic carbocycles.